The molecule has 0 bridgehead atoms. The van der Waals surface area contributed by atoms with Crippen LogP contribution in [0.4, 0.5) is 5.13 Å². The van der Waals surface area contributed by atoms with Gasteiger partial charge < -0.3 is 4.74 Å². The minimum atomic E-state index is -3.56. The number of aromatic nitrogens is 1. The van der Waals surface area contributed by atoms with Crippen LogP contribution in [0.15, 0.2) is 51.8 Å². The number of halogens is 1. The molecule has 3 aromatic rings. The van der Waals surface area contributed by atoms with Crippen molar-refractivity contribution in [3.63, 3.8) is 0 Å². The Hall–Kier alpha value is -1.89. The van der Waals surface area contributed by atoms with E-state index in [0.29, 0.717) is 17.2 Å². The quantitative estimate of drug-likeness (QED) is 0.413. The van der Waals surface area contributed by atoms with E-state index in [2.05, 4.69) is 20.8 Å². The summed E-state index contributed by atoms with van der Waals surface area (Å²) in [6.45, 7) is 4.63. The lowest BCUT2D eigenvalue weighted by Crippen LogP contribution is -2.39. The van der Waals surface area contributed by atoms with Gasteiger partial charge in [0.2, 0.25) is 10.0 Å². The maximum atomic E-state index is 13.6. The summed E-state index contributed by atoms with van der Waals surface area (Å²) in [5.74, 6) is -0.200. The fourth-order valence-corrected chi connectivity index (χ4v) is 6.14. The summed E-state index contributed by atoms with van der Waals surface area (Å²) < 4.78 is 33.3. The maximum absolute atomic E-state index is 13.6. The Bertz CT molecular complexity index is 1260. The molecule has 0 saturated carbocycles. The van der Waals surface area contributed by atoms with Gasteiger partial charge in [-0.3, -0.25) is 14.6 Å². The van der Waals surface area contributed by atoms with E-state index < -0.39 is 10.0 Å². The van der Waals surface area contributed by atoms with Crippen LogP contribution in [0.25, 0.3) is 10.2 Å². The van der Waals surface area contributed by atoms with E-state index in [1.807, 2.05) is 18.2 Å². The molecule has 0 unspecified atom stereocenters. The minimum Gasteiger partial charge on any atom is -0.379 e. The molecule has 34 heavy (non-hydrogen) atoms. The fraction of sp³-hybridized carbons (Fsp3) is 0.391. The Kier molecular flexibility index (Phi) is 8.01. The van der Waals surface area contributed by atoms with E-state index in [1.165, 1.54) is 37.6 Å². The van der Waals surface area contributed by atoms with Crippen molar-refractivity contribution in [2.24, 2.45) is 0 Å². The number of thiazole rings is 1. The molecule has 1 amide bonds. The molecule has 1 fully saturated rings. The van der Waals surface area contributed by atoms with Gasteiger partial charge in [-0.15, -0.1) is 0 Å². The highest BCUT2D eigenvalue weighted by atomic mass is 79.9. The summed E-state index contributed by atoms with van der Waals surface area (Å²) in [5.41, 5.74) is 1.26. The summed E-state index contributed by atoms with van der Waals surface area (Å²) in [6.07, 6.45) is 0.790. The van der Waals surface area contributed by atoms with Crippen molar-refractivity contribution in [3.8, 4) is 0 Å². The molecule has 11 heteroatoms. The zero-order chi connectivity index (χ0) is 24.3. The molecule has 4 rings (SSSR count). The molecule has 0 radical (unpaired) electrons. The Morgan fingerprint density at radius 3 is 2.53 bits per heavy atom. The Morgan fingerprint density at radius 2 is 1.85 bits per heavy atom. The van der Waals surface area contributed by atoms with Gasteiger partial charge in [0.25, 0.3) is 5.91 Å². The second-order valence-electron chi connectivity index (χ2n) is 8.18. The molecule has 0 N–H and O–H groups in total. The summed E-state index contributed by atoms with van der Waals surface area (Å²) in [6, 6.07) is 11.9. The van der Waals surface area contributed by atoms with Gasteiger partial charge in [0.15, 0.2) is 5.13 Å². The highest BCUT2D eigenvalue weighted by molar-refractivity contribution is 9.10. The lowest BCUT2D eigenvalue weighted by atomic mass is 10.2. The predicted molar refractivity (Wildman–Crippen MR) is 138 cm³/mol. The summed E-state index contributed by atoms with van der Waals surface area (Å²) in [5, 5.41) is 0.630. The molecular formula is C23H27BrN4O4S2. The Morgan fingerprint density at radius 1 is 1.15 bits per heavy atom. The van der Waals surface area contributed by atoms with E-state index in [-0.39, 0.29) is 10.8 Å². The van der Waals surface area contributed by atoms with Crippen molar-refractivity contribution in [1.82, 2.24) is 14.2 Å². The molecule has 0 aliphatic carbocycles. The van der Waals surface area contributed by atoms with Gasteiger partial charge in [0.05, 0.1) is 28.3 Å². The van der Waals surface area contributed by atoms with Crippen LogP contribution in [-0.4, -0.2) is 82.0 Å². The average molecular weight is 568 g/mol. The standard InChI is InChI=1S/C23H27BrN4O4S2/c1-26(2)34(30,31)19-7-4-17(5-8-19)22(29)28(11-3-10-27-12-14-32-15-13-27)23-25-20-9-6-18(24)16-21(20)33-23/h4-9,16H,3,10-15H2,1-2H3. The number of carbonyl (C=O) groups excluding carboxylic acids is 1. The molecule has 1 aromatic heterocycles. The third-order valence-electron chi connectivity index (χ3n) is 5.65. The number of fused-ring (bicyclic) bond motifs is 1. The first kappa shape index (κ1) is 25.2. The molecule has 0 atom stereocenters. The summed E-state index contributed by atoms with van der Waals surface area (Å²) in [7, 11) is -0.597. The van der Waals surface area contributed by atoms with Crippen molar-refractivity contribution in [1.29, 1.82) is 0 Å². The van der Waals surface area contributed by atoms with Crippen LogP contribution in [0, 0.1) is 0 Å². The van der Waals surface area contributed by atoms with Gasteiger partial charge in [0, 0.05) is 50.3 Å². The lowest BCUT2D eigenvalue weighted by Gasteiger charge is -2.27. The normalized spacial score (nSPS) is 15.2. The first-order chi connectivity index (χ1) is 16.3. The molecular weight excluding hydrogens is 540 g/mol. The van der Waals surface area contributed by atoms with Gasteiger partial charge >= 0.3 is 0 Å². The molecule has 182 valence electrons. The van der Waals surface area contributed by atoms with Gasteiger partial charge in [-0.2, -0.15) is 0 Å². The van der Waals surface area contributed by atoms with Crippen LogP contribution in [0.2, 0.25) is 0 Å². The smallest absolute Gasteiger partial charge is 0.260 e. The number of benzene rings is 2. The SMILES string of the molecule is CN(C)S(=O)(=O)c1ccc(C(=O)N(CCCN2CCOCC2)c2nc3ccc(Br)cc3s2)cc1. The number of hydrogen-bond donors (Lipinski definition) is 0. The van der Waals surface area contributed by atoms with Crippen molar-refractivity contribution in [3.05, 3.63) is 52.5 Å². The number of rotatable bonds is 8. The number of carbonyl (C=O) groups is 1. The monoisotopic (exact) mass is 566 g/mol. The van der Waals surface area contributed by atoms with E-state index >= 15 is 0 Å². The second kappa shape index (κ2) is 10.8. The molecule has 1 saturated heterocycles. The Balaban J connectivity index is 1.58. The summed E-state index contributed by atoms with van der Waals surface area (Å²) in [4.78, 5) is 22.5. The van der Waals surface area contributed by atoms with E-state index in [0.717, 1.165) is 58.3 Å². The molecule has 8 nitrogen and oxygen atoms in total. The van der Waals surface area contributed by atoms with E-state index in [1.54, 1.807) is 17.0 Å². The van der Waals surface area contributed by atoms with Crippen molar-refractivity contribution < 1.29 is 17.9 Å². The average Bonchev–Trinajstić information content (AvgIpc) is 3.25. The number of anilines is 1. The van der Waals surface area contributed by atoms with Crippen LogP contribution >= 0.6 is 27.3 Å². The predicted octanol–water partition coefficient (Wildman–Crippen LogP) is 3.68. The number of ether oxygens (including phenoxy) is 1. The zero-order valence-electron chi connectivity index (χ0n) is 19.1. The second-order valence-corrected chi connectivity index (χ2v) is 12.3. The molecule has 0 spiro atoms. The van der Waals surface area contributed by atoms with Crippen molar-refractivity contribution in [2.75, 3.05) is 58.4 Å². The third kappa shape index (κ3) is 5.67. The topological polar surface area (TPSA) is 83.1 Å². The number of amides is 1. The van der Waals surface area contributed by atoms with Crippen LogP contribution in [0.1, 0.15) is 16.8 Å². The number of hydrogen-bond acceptors (Lipinski definition) is 7. The highest BCUT2D eigenvalue weighted by Crippen LogP contribution is 2.32. The maximum Gasteiger partial charge on any atom is 0.260 e. The molecule has 2 aromatic carbocycles. The van der Waals surface area contributed by atoms with Crippen LogP contribution in [0.3, 0.4) is 0 Å². The van der Waals surface area contributed by atoms with E-state index in [9.17, 15) is 13.2 Å². The largest absolute Gasteiger partial charge is 0.379 e. The van der Waals surface area contributed by atoms with Gasteiger partial charge in [-0.25, -0.2) is 17.7 Å². The molecule has 2 heterocycles. The van der Waals surface area contributed by atoms with Gasteiger partial charge in [0.1, 0.15) is 0 Å². The lowest BCUT2D eigenvalue weighted by molar-refractivity contribution is 0.0376. The minimum absolute atomic E-state index is 0.151. The number of sulfonamides is 1. The number of morpholine rings is 1. The van der Waals surface area contributed by atoms with Crippen molar-refractivity contribution in [2.45, 2.75) is 11.3 Å². The van der Waals surface area contributed by atoms with Crippen molar-refractivity contribution >= 4 is 58.5 Å². The van der Waals surface area contributed by atoms with Crippen LogP contribution in [0.5, 0.6) is 0 Å². The highest BCUT2D eigenvalue weighted by Gasteiger charge is 2.23. The third-order valence-corrected chi connectivity index (χ3v) is 9.02. The Labute approximate surface area is 212 Å². The van der Waals surface area contributed by atoms with Gasteiger partial charge in [-0.1, -0.05) is 27.3 Å². The first-order valence-electron chi connectivity index (χ1n) is 11.0. The molecule has 1 aliphatic heterocycles. The van der Waals surface area contributed by atoms with E-state index in [4.69, 9.17) is 9.72 Å². The van der Waals surface area contributed by atoms with Gasteiger partial charge in [-0.05, 0) is 48.9 Å². The number of nitrogens with zero attached hydrogens (tertiary/aromatic N) is 4. The van der Waals surface area contributed by atoms with Crippen LogP contribution in [-0.2, 0) is 14.8 Å². The van der Waals surface area contributed by atoms with Crippen LogP contribution < -0.4 is 4.90 Å². The first-order valence-corrected chi connectivity index (χ1v) is 14.0. The summed E-state index contributed by atoms with van der Waals surface area (Å²) >= 11 is 4.96. The molecule has 1 aliphatic rings. The fourth-order valence-electron chi connectivity index (χ4n) is 3.70. The zero-order valence-corrected chi connectivity index (χ0v) is 22.3.